The van der Waals surface area contributed by atoms with Crippen LogP contribution in [0.25, 0.3) is 0 Å². The van der Waals surface area contributed by atoms with E-state index in [1.807, 2.05) is 20.8 Å². The van der Waals surface area contributed by atoms with E-state index in [2.05, 4.69) is 33.0 Å². The van der Waals surface area contributed by atoms with Gasteiger partial charge in [0.2, 0.25) is 5.91 Å². The summed E-state index contributed by atoms with van der Waals surface area (Å²) in [5, 5.41) is 3.16. The summed E-state index contributed by atoms with van der Waals surface area (Å²) in [4.78, 5) is 12.2. The van der Waals surface area contributed by atoms with Gasteiger partial charge in [-0.15, -0.1) is 0 Å². The van der Waals surface area contributed by atoms with E-state index in [-0.39, 0.29) is 23.0 Å². The molecule has 1 N–H and O–H groups in total. The Hall–Kier alpha value is -0.570. The van der Waals surface area contributed by atoms with Gasteiger partial charge >= 0.3 is 0 Å². The van der Waals surface area contributed by atoms with Crippen molar-refractivity contribution in [3.63, 3.8) is 0 Å². The van der Waals surface area contributed by atoms with Gasteiger partial charge in [0, 0.05) is 18.1 Å². The Morgan fingerprint density at radius 2 is 1.74 bits per heavy atom. The molecule has 1 amide bonds. The number of rotatable bonds is 8. The second-order valence-corrected chi connectivity index (χ2v) is 6.98. The van der Waals surface area contributed by atoms with Crippen molar-refractivity contribution in [3.05, 3.63) is 0 Å². The van der Waals surface area contributed by atoms with Crippen molar-refractivity contribution in [1.82, 2.24) is 5.32 Å². The van der Waals surface area contributed by atoms with Crippen molar-refractivity contribution in [1.29, 1.82) is 0 Å². The quantitative estimate of drug-likeness (QED) is 0.727. The maximum Gasteiger partial charge on any atom is 0.223 e. The summed E-state index contributed by atoms with van der Waals surface area (Å²) in [6.45, 7) is 15.1. The van der Waals surface area contributed by atoms with Gasteiger partial charge in [-0.3, -0.25) is 4.79 Å². The van der Waals surface area contributed by atoms with Gasteiger partial charge in [0.25, 0.3) is 0 Å². The van der Waals surface area contributed by atoms with Crippen molar-refractivity contribution in [3.8, 4) is 0 Å². The van der Waals surface area contributed by atoms with Crippen molar-refractivity contribution in [2.75, 3.05) is 6.61 Å². The number of ether oxygens (including phenoxy) is 1. The van der Waals surface area contributed by atoms with E-state index in [1.54, 1.807) is 0 Å². The number of carbonyl (C=O) groups excluding carboxylic acids is 1. The van der Waals surface area contributed by atoms with Crippen LogP contribution in [0.1, 0.15) is 74.1 Å². The second kappa shape index (κ2) is 7.88. The van der Waals surface area contributed by atoms with Crippen LogP contribution in [-0.4, -0.2) is 23.7 Å². The highest BCUT2D eigenvalue weighted by Gasteiger charge is 2.25. The zero-order valence-electron chi connectivity index (χ0n) is 13.9. The molecule has 0 aromatic carbocycles. The molecule has 19 heavy (non-hydrogen) atoms. The fourth-order valence-electron chi connectivity index (χ4n) is 1.98. The van der Waals surface area contributed by atoms with Crippen LogP contribution in [0, 0.1) is 5.92 Å². The fraction of sp³-hybridized carbons (Fsp3) is 0.938. The molecule has 3 nitrogen and oxygen atoms in total. The number of hydrogen-bond donors (Lipinski definition) is 1. The topological polar surface area (TPSA) is 38.3 Å². The van der Waals surface area contributed by atoms with Crippen LogP contribution < -0.4 is 5.32 Å². The van der Waals surface area contributed by atoms with Crippen molar-refractivity contribution < 1.29 is 9.53 Å². The molecule has 1 atom stereocenters. The summed E-state index contributed by atoms with van der Waals surface area (Å²) < 4.78 is 5.73. The van der Waals surface area contributed by atoms with Crippen LogP contribution in [0.4, 0.5) is 0 Å². The van der Waals surface area contributed by atoms with Crippen LogP contribution in [0.15, 0.2) is 0 Å². The van der Waals surface area contributed by atoms with Crippen molar-refractivity contribution in [2.24, 2.45) is 5.92 Å². The van der Waals surface area contributed by atoms with E-state index in [9.17, 15) is 4.79 Å². The second-order valence-electron chi connectivity index (χ2n) is 6.98. The maximum absolute atomic E-state index is 12.2. The molecule has 0 radical (unpaired) electrons. The summed E-state index contributed by atoms with van der Waals surface area (Å²) in [6.07, 6.45) is 3.77. The zero-order chi connectivity index (χ0) is 15.1. The van der Waals surface area contributed by atoms with Gasteiger partial charge < -0.3 is 10.1 Å². The first-order chi connectivity index (χ1) is 8.61. The Morgan fingerprint density at radius 1 is 1.16 bits per heavy atom. The maximum atomic E-state index is 12.2. The van der Waals surface area contributed by atoms with Crippen LogP contribution >= 0.6 is 0 Å². The predicted octanol–water partition coefficient (Wildman–Crippen LogP) is 3.91. The molecular weight excluding hydrogens is 238 g/mol. The summed E-state index contributed by atoms with van der Waals surface area (Å²) in [5.41, 5.74) is -0.322. The van der Waals surface area contributed by atoms with Gasteiger partial charge in [-0.1, -0.05) is 20.3 Å². The first kappa shape index (κ1) is 18.4. The van der Waals surface area contributed by atoms with E-state index in [0.717, 1.165) is 25.7 Å². The lowest BCUT2D eigenvalue weighted by Gasteiger charge is -2.30. The highest BCUT2D eigenvalue weighted by atomic mass is 16.5. The van der Waals surface area contributed by atoms with E-state index in [4.69, 9.17) is 4.74 Å². The standard InChI is InChI=1S/C16H33NO2/c1-8-10-13(9-2)14(18)17-16(6,7)11-12-19-15(3,4)5/h13H,8-12H2,1-7H3,(H,17,18). The number of carbonyl (C=O) groups is 1. The molecule has 0 aromatic heterocycles. The fourth-order valence-corrected chi connectivity index (χ4v) is 1.98. The average molecular weight is 271 g/mol. The molecule has 3 heteroatoms. The highest BCUT2D eigenvalue weighted by Crippen LogP contribution is 2.16. The molecule has 0 aromatic rings. The summed E-state index contributed by atoms with van der Waals surface area (Å²) in [7, 11) is 0. The average Bonchev–Trinajstić information content (AvgIpc) is 2.22. The van der Waals surface area contributed by atoms with Gasteiger partial charge in [-0.2, -0.15) is 0 Å². The number of hydrogen-bond acceptors (Lipinski definition) is 2. The Balaban J connectivity index is 4.23. The molecular formula is C16H33NO2. The minimum atomic E-state index is -0.205. The molecule has 0 bridgehead atoms. The first-order valence-electron chi connectivity index (χ1n) is 7.57. The van der Waals surface area contributed by atoms with Crippen molar-refractivity contribution in [2.45, 2.75) is 85.3 Å². The Morgan fingerprint density at radius 3 is 2.16 bits per heavy atom. The van der Waals surface area contributed by atoms with Gasteiger partial charge in [-0.25, -0.2) is 0 Å². The molecule has 0 aliphatic carbocycles. The normalized spacial score (nSPS) is 14.3. The lowest BCUT2D eigenvalue weighted by atomic mass is 9.95. The number of amides is 1. The highest BCUT2D eigenvalue weighted by molar-refractivity contribution is 5.79. The molecule has 114 valence electrons. The van der Waals surface area contributed by atoms with Crippen LogP contribution in [0.5, 0.6) is 0 Å². The zero-order valence-corrected chi connectivity index (χ0v) is 13.9. The van der Waals surface area contributed by atoms with Crippen molar-refractivity contribution >= 4 is 5.91 Å². The Kier molecular flexibility index (Phi) is 7.65. The molecule has 0 saturated heterocycles. The predicted molar refractivity (Wildman–Crippen MR) is 81.2 cm³/mol. The lowest BCUT2D eigenvalue weighted by Crippen LogP contribution is -2.47. The van der Waals surface area contributed by atoms with Crippen LogP contribution in [0.2, 0.25) is 0 Å². The third-order valence-corrected chi connectivity index (χ3v) is 3.22. The third-order valence-electron chi connectivity index (χ3n) is 3.22. The summed E-state index contributed by atoms with van der Waals surface area (Å²) in [5.74, 6) is 0.331. The van der Waals surface area contributed by atoms with E-state index < -0.39 is 0 Å². The van der Waals surface area contributed by atoms with Crippen LogP contribution in [0.3, 0.4) is 0 Å². The third kappa shape index (κ3) is 9.04. The largest absolute Gasteiger partial charge is 0.376 e. The summed E-state index contributed by atoms with van der Waals surface area (Å²) >= 11 is 0. The SMILES string of the molecule is CCCC(CC)C(=O)NC(C)(C)CCOC(C)(C)C. The Bertz CT molecular complexity index is 266. The number of nitrogens with one attached hydrogen (secondary N) is 1. The van der Waals surface area contributed by atoms with E-state index in [1.165, 1.54) is 0 Å². The molecule has 0 rings (SSSR count). The molecule has 0 aliphatic rings. The molecule has 0 fully saturated rings. The smallest absolute Gasteiger partial charge is 0.223 e. The summed E-state index contributed by atoms with van der Waals surface area (Å²) in [6, 6.07) is 0. The molecule has 0 spiro atoms. The first-order valence-corrected chi connectivity index (χ1v) is 7.57. The minimum absolute atomic E-state index is 0.117. The molecule has 1 unspecified atom stereocenters. The molecule has 0 heterocycles. The minimum Gasteiger partial charge on any atom is -0.376 e. The monoisotopic (exact) mass is 271 g/mol. The lowest BCUT2D eigenvalue weighted by molar-refractivity contribution is -0.127. The van der Waals surface area contributed by atoms with Crippen LogP contribution in [-0.2, 0) is 9.53 Å². The van der Waals surface area contributed by atoms with Gasteiger partial charge in [-0.05, 0) is 53.9 Å². The van der Waals surface area contributed by atoms with Gasteiger partial charge in [0.05, 0.1) is 5.60 Å². The van der Waals surface area contributed by atoms with Gasteiger partial charge in [0.15, 0.2) is 0 Å². The molecule has 0 aliphatic heterocycles. The van der Waals surface area contributed by atoms with Gasteiger partial charge in [0.1, 0.15) is 0 Å². The Labute approximate surface area is 119 Å². The van der Waals surface area contributed by atoms with E-state index >= 15 is 0 Å². The van der Waals surface area contributed by atoms with E-state index in [0.29, 0.717) is 6.61 Å². The molecule has 0 saturated carbocycles.